The molecule has 0 saturated heterocycles. The van der Waals surface area contributed by atoms with Gasteiger partial charge < -0.3 is 10.6 Å². The fourth-order valence-corrected chi connectivity index (χ4v) is 1.95. The molecule has 0 spiro atoms. The second-order valence-electron chi connectivity index (χ2n) is 5.14. The maximum absolute atomic E-state index is 12.0. The molecule has 3 nitrogen and oxygen atoms in total. The van der Waals surface area contributed by atoms with E-state index in [1.807, 2.05) is 44.4 Å². The van der Waals surface area contributed by atoms with Crippen LogP contribution >= 0.6 is 11.8 Å². The van der Waals surface area contributed by atoms with Gasteiger partial charge in [0, 0.05) is 29.6 Å². The summed E-state index contributed by atoms with van der Waals surface area (Å²) in [7, 11) is 1.81. The van der Waals surface area contributed by atoms with Crippen molar-refractivity contribution < 1.29 is 4.79 Å². The lowest BCUT2D eigenvalue weighted by Gasteiger charge is -2.21. The lowest BCUT2D eigenvalue weighted by atomic mass is 10.00. The molecule has 1 amide bonds. The van der Waals surface area contributed by atoms with Gasteiger partial charge in [-0.1, -0.05) is 0 Å². The van der Waals surface area contributed by atoms with Crippen LogP contribution in [0.3, 0.4) is 0 Å². The maximum Gasteiger partial charge on any atom is 0.226 e. The van der Waals surface area contributed by atoms with E-state index in [1.54, 1.807) is 23.7 Å². The summed E-state index contributed by atoms with van der Waals surface area (Å²) < 4.78 is 0. The average Bonchev–Trinajstić information content (AvgIpc) is 2.34. The van der Waals surface area contributed by atoms with Crippen LogP contribution in [-0.2, 0) is 4.79 Å². The molecule has 0 aliphatic heterocycles. The van der Waals surface area contributed by atoms with E-state index in [2.05, 4.69) is 0 Å². The molecular formula is C14H22N2OS. The Kier molecular flexibility index (Phi) is 5.23. The van der Waals surface area contributed by atoms with Gasteiger partial charge in [0.15, 0.2) is 0 Å². The SMILES string of the molecule is CSc1ccc(N(C)C(=O)CCC(C)(C)N)cc1. The van der Waals surface area contributed by atoms with Gasteiger partial charge >= 0.3 is 0 Å². The molecule has 0 bridgehead atoms. The molecule has 18 heavy (non-hydrogen) atoms. The molecule has 4 heteroatoms. The molecule has 0 heterocycles. The number of carbonyl (C=O) groups is 1. The minimum absolute atomic E-state index is 0.102. The van der Waals surface area contributed by atoms with Crippen LogP contribution < -0.4 is 10.6 Å². The number of anilines is 1. The third-order valence-electron chi connectivity index (χ3n) is 2.82. The molecule has 100 valence electrons. The van der Waals surface area contributed by atoms with Crippen LogP contribution in [0.15, 0.2) is 29.2 Å². The molecular weight excluding hydrogens is 244 g/mol. The van der Waals surface area contributed by atoms with E-state index >= 15 is 0 Å². The fourth-order valence-electron chi connectivity index (χ4n) is 1.55. The van der Waals surface area contributed by atoms with Gasteiger partial charge in [-0.3, -0.25) is 4.79 Å². The van der Waals surface area contributed by atoms with Crippen molar-refractivity contribution in [3.05, 3.63) is 24.3 Å². The summed E-state index contributed by atoms with van der Waals surface area (Å²) in [5, 5.41) is 0. The highest BCUT2D eigenvalue weighted by atomic mass is 32.2. The molecule has 0 aliphatic rings. The minimum Gasteiger partial charge on any atom is -0.326 e. The van der Waals surface area contributed by atoms with Crippen LogP contribution in [-0.4, -0.2) is 24.7 Å². The minimum atomic E-state index is -0.292. The lowest BCUT2D eigenvalue weighted by Crippen LogP contribution is -2.35. The fraction of sp³-hybridized carbons (Fsp3) is 0.500. The Bertz CT molecular complexity index is 395. The van der Waals surface area contributed by atoms with Crippen molar-refractivity contribution >= 4 is 23.4 Å². The Morgan fingerprint density at radius 1 is 1.33 bits per heavy atom. The van der Waals surface area contributed by atoms with Gasteiger partial charge in [-0.25, -0.2) is 0 Å². The molecule has 0 unspecified atom stereocenters. The highest BCUT2D eigenvalue weighted by Crippen LogP contribution is 2.20. The smallest absolute Gasteiger partial charge is 0.226 e. The van der Waals surface area contributed by atoms with Crippen LogP contribution in [0.5, 0.6) is 0 Å². The van der Waals surface area contributed by atoms with Crippen LogP contribution in [0.25, 0.3) is 0 Å². The Balaban J connectivity index is 2.62. The highest BCUT2D eigenvalue weighted by molar-refractivity contribution is 7.98. The number of nitrogens with zero attached hydrogens (tertiary/aromatic N) is 1. The number of hydrogen-bond donors (Lipinski definition) is 1. The number of amides is 1. The Labute approximate surface area is 114 Å². The first-order valence-electron chi connectivity index (χ1n) is 6.03. The first kappa shape index (κ1) is 15.1. The molecule has 0 atom stereocenters. The van der Waals surface area contributed by atoms with Gasteiger partial charge in [0.25, 0.3) is 0 Å². The second kappa shape index (κ2) is 6.25. The number of nitrogens with two attached hydrogens (primary N) is 1. The summed E-state index contributed by atoms with van der Waals surface area (Å²) in [6, 6.07) is 7.99. The lowest BCUT2D eigenvalue weighted by molar-refractivity contribution is -0.118. The number of rotatable bonds is 5. The standard InChI is InChI=1S/C14H22N2OS/c1-14(2,15)10-9-13(17)16(3)11-5-7-12(18-4)8-6-11/h5-8H,9-10,15H2,1-4H3. The number of carbonyl (C=O) groups excluding carboxylic acids is 1. The summed E-state index contributed by atoms with van der Waals surface area (Å²) in [5.41, 5.74) is 6.52. The number of benzene rings is 1. The second-order valence-corrected chi connectivity index (χ2v) is 6.02. The van der Waals surface area contributed by atoms with Gasteiger partial charge in [-0.05, 0) is 50.8 Å². The van der Waals surface area contributed by atoms with E-state index in [-0.39, 0.29) is 11.4 Å². The van der Waals surface area contributed by atoms with Gasteiger partial charge in [-0.15, -0.1) is 11.8 Å². The van der Waals surface area contributed by atoms with Crippen LogP contribution in [0.1, 0.15) is 26.7 Å². The first-order chi connectivity index (χ1) is 8.33. The van der Waals surface area contributed by atoms with E-state index in [0.717, 1.165) is 5.69 Å². The topological polar surface area (TPSA) is 46.3 Å². The first-order valence-corrected chi connectivity index (χ1v) is 7.25. The van der Waals surface area contributed by atoms with E-state index in [0.29, 0.717) is 12.8 Å². The molecule has 1 aromatic rings. The molecule has 1 aromatic carbocycles. The zero-order valence-corrected chi connectivity index (χ0v) is 12.4. The molecule has 2 N–H and O–H groups in total. The predicted octanol–water partition coefficient (Wildman–Crippen LogP) is 2.89. The largest absolute Gasteiger partial charge is 0.326 e. The Hall–Kier alpha value is -1.00. The molecule has 0 fully saturated rings. The van der Waals surface area contributed by atoms with Gasteiger partial charge in [0.1, 0.15) is 0 Å². The molecule has 0 aromatic heterocycles. The monoisotopic (exact) mass is 266 g/mol. The van der Waals surface area contributed by atoms with E-state index in [9.17, 15) is 4.79 Å². The van der Waals surface area contributed by atoms with Gasteiger partial charge in [0.05, 0.1) is 0 Å². The normalized spacial score (nSPS) is 11.4. The van der Waals surface area contributed by atoms with Crippen molar-refractivity contribution in [1.29, 1.82) is 0 Å². The zero-order chi connectivity index (χ0) is 13.8. The van der Waals surface area contributed by atoms with Crippen LogP contribution in [0, 0.1) is 0 Å². The quantitative estimate of drug-likeness (QED) is 0.834. The molecule has 0 saturated carbocycles. The average molecular weight is 266 g/mol. The Morgan fingerprint density at radius 2 is 1.89 bits per heavy atom. The van der Waals surface area contributed by atoms with Crippen LogP contribution in [0.2, 0.25) is 0 Å². The van der Waals surface area contributed by atoms with Crippen molar-refractivity contribution in [1.82, 2.24) is 0 Å². The van der Waals surface area contributed by atoms with E-state index in [1.165, 1.54) is 4.90 Å². The predicted molar refractivity (Wildman–Crippen MR) is 79.1 cm³/mol. The van der Waals surface area contributed by atoms with Gasteiger partial charge in [-0.2, -0.15) is 0 Å². The van der Waals surface area contributed by atoms with Crippen molar-refractivity contribution in [2.24, 2.45) is 5.73 Å². The highest BCUT2D eigenvalue weighted by Gasteiger charge is 2.16. The van der Waals surface area contributed by atoms with Crippen molar-refractivity contribution in [3.63, 3.8) is 0 Å². The third-order valence-corrected chi connectivity index (χ3v) is 3.56. The summed E-state index contributed by atoms with van der Waals surface area (Å²) in [6.45, 7) is 3.88. The third kappa shape index (κ3) is 4.70. The molecule has 0 radical (unpaired) electrons. The Morgan fingerprint density at radius 3 is 2.33 bits per heavy atom. The maximum atomic E-state index is 12.0. The number of thioether (sulfide) groups is 1. The van der Waals surface area contributed by atoms with Crippen molar-refractivity contribution in [2.45, 2.75) is 37.1 Å². The summed E-state index contributed by atoms with van der Waals surface area (Å²) in [6.07, 6.45) is 3.20. The summed E-state index contributed by atoms with van der Waals surface area (Å²) >= 11 is 1.69. The number of hydrogen-bond acceptors (Lipinski definition) is 3. The molecule has 1 rings (SSSR count). The van der Waals surface area contributed by atoms with E-state index < -0.39 is 0 Å². The molecule has 0 aliphatic carbocycles. The van der Waals surface area contributed by atoms with Crippen LogP contribution in [0.4, 0.5) is 5.69 Å². The zero-order valence-electron chi connectivity index (χ0n) is 11.6. The van der Waals surface area contributed by atoms with Crippen molar-refractivity contribution in [3.8, 4) is 0 Å². The van der Waals surface area contributed by atoms with E-state index in [4.69, 9.17) is 5.73 Å². The van der Waals surface area contributed by atoms with Crippen molar-refractivity contribution in [2.75, 3.05) is 18.2 Å². The van der Waals surface area contributed by atoms with Gasteiger partial charge in [0.2, 0.25) is 5.91 Å². The summed E-state index contributed by atoms with van der Waals surface area (Å²) in [5.74, 6) is 0.102. The summed E-state index contributed by atoms with van der Waals surface area (Å²) in [4.78, 5) is 14.9.